The molecule has 1 aliphatic heterocycles. The van der Waals surface area contributed by atoms with Crippen molar-refractivity contribution in [2.45, 2.75) is 20.5 Å². The van der Waals surface area contributed by atoms with E-state index in [-0.39, 0.29) is 6.54 Å². The molecule has 2 heterocycles. The van der Waals surface area contributed by atoms with E-state index in [2.05, 4.69) is 10.3 Å². The van der Waals surface area contributed by atoms with Crippen molar-refractivity contribution in [1.82, 2.24) is 20.9 Å². The van der Waals surface area contributed by atoms with Gasteiger partial charge in [0.1, 0.15) is 17.8 Å². The molecule has 1 aliphatic rings. The highest BCUT2D eigenvalue weighted by molar-refractivity contribution is 6.19. The highest BCUT2D eigenvalue weighted by Gasteiger charge is 2.46. The quantitative estimate of drug-likeness (QED) is 0.351. The monoisotopic (exact) mass is 496 g/mol. The molecule has 3 N–H and O–H groups in total. The van der Waals surface area contributed by atoms with Crippen molar-refractivity contribution < 1.29 is 23.9 Å². The molecule has 0 aliphatic carbocycles. The number of rotatable bonds is 6. The van der Waals surface area contributed by atoms with Crippen LogP contribution in [0, 0.1) is 12.3 Å². The van der Waals surface area contributed by atoms with Gasteiger partial charge in [0.2, 0.25) is 11.8 Å². The van der Waals surface area contributed by atoms with Crippen LogP contribution in [0.15, 0.2) is 66.7 Å². The summed E-state index contributed by atoms with van der Waals surface area (Å²) in [5.41, 5.74) is 1.68. The predicted molar refractivity (Wildman–Crippen MR) is 137 cm³/mol. The number of fused-ring (bicyclic) bond motifs is 2. The molecule has 0 saturated carbocycles. The number of barbiturate groups is 1. The van der Waals surface area contributed by atoms with Crippen LogP contribution in [-0.4, -0.2) is 35.3 Å². The fourth-order valence-corrected chi connectivity index (χ4v) is 4.27. The van der Waals surface area contributed by atoms with Crippen molar-refractivity contribution in [3.05, 3.63) is 83.6 Å². The van der Waals surface area contributed by atoms with Crippen LogP contribution >= 0.6 is 0 Å². The van der Waals surface area contributed by atoms with Crippen LogP contribution in [0.25, 0.3) is 21.7 Å². The zero-order valence-electron chi connectivity index (χ0n) is 20.3. The van der Waals surface area contributed by atoms with Crippen LogP contribution in [0.3, 0.4) is 0 Å². The van der Waals surface area contributed by atoms with Crippen LogP contribution in [0.4, 0.5) is 4.79 Å². The number of benzene rings is 3. The molecule has 0 spiro atoms. The van der Waals surface area contributed by atoms with Crippen molar-refractivity contribution >= 4 is 45.4 Å². The van der Waals surface area contributed by atoms with Gasteiger partial charge in [-0.15, -0.1) is 0 Å². The normalized spacial score (nSPS) is 14.8. The maximum Gasteiger partial charge on any atom is 0.328 e. The number of carbonyl (C=O) groups is 4. The van der Waals surface area contributed by atoms with E-state index < -0.39 is 29.2 Å². The van der Waals surface area contributed by atoms with Crippen molar-refractivity contribution in [1.29, 1.82) is 0 Å². The third kappa shape index (κ3) is 4.71. The average Bonchev–Trinajstić information content (AvgIpc) is 2.88. The van der Waals surface area contributed by atoms with Gasteiger partial charge in [-0.25, -0.2) is 4.79 Å². The van der Waals surface area contributed by atoms with E-state index in [0.717, 1.165) is 32.9 Å². The van der Waals surface area contributed by atoms with E-state index in [1.54, 1.807) is 12.1 Å². The summed E-state index contributed by atoms with van der Waals surface area (Å²) in [5, 5.41) is 9.48. The molecule has 0 radical (unpaired) electrons. The van der Waals surface area contributed by atoms with Gasteiger partial charge in [-0.2, -0.15) is 0 Å². The van der Waals surface area contributed by atoms with Gasteiger partial charge in [0.15, 0.2) is 0 Å². The summed E-state index contributed by atoms with van der Waals surface area (Å²) in [7, 11) is 0. The molecule has 1 aromatic heterocycles. The van der Waals surface area contributed by atoms with Gasteiger partial charge in [-0.1, -0.05) is 30.3 Å². The van der Waals surface area contributed by atoms with Gasteiger partial charge in [0.05, 0.1) is 5.52 Å². The van der Waals surface area contributed by atoms with Gasteiger partial charge < -0.3 is 10.1 Å². The Labute approximate surface area is 212 Å². The van der Waals surface area contributed by atoms with E-state index in [0.29, 0.717) is 17.9 Å². The molecule has 4 aromatic rings. The molecule has 9 heteroatoms. The summed E-state index contributed by atoms with van der Waals surface area (Å²) in [6, 6.07) is 19.9. The van der Waals surface area contributed by atoms with E-state index in [4.69, 9.17) is 4.74 Å². The summed E-state index contributed by atoms with van der Waals surface area (Å²) in [4.78, 5) is 52.9. The molecular weight excluding hydrogens is 472 g/mol. The zero-order chi connectivity index (χ0) is 26.2. The molecule has 0 atom stereocenters. The SMILES string of the molecule is Cc1cc(COc2ccc3cc(C(=O)NCC4(C)C(=O)NC(=O)NC4=O)ccc3c2)c2ccccc2n1. The van der Waals surface area contributed by atoms with Crippen molar-refractivity contribution in [2.75, 3.05) is 6.54 Å². The molecule has 1 saturated heterocycles. The molecule has 0 unspecified atom stereocenters. The maximum absolute atomic E-state index is 12.7. The first-order valence-electron chi connectivity index (χ1n) is 11.7. The van der Waals surface area contributed by atoms with E-state index >= 15 is 0 Å². The lowest BCUT2D eigenvalue weighted by Gasteiger charge is -2.30. The zero-order valence-corrected chi connectivity index (χ0v) is 20.3. The Morgan fingerprint density at radius 1 is 0.946 bits per heavy atom. The summed E-state index contributed by atoms with van der Waals surface area (Å²) in [5.74, 6) is -1.27. The summed E-state index contributed by atoms with van der Waals surface area (Å²) in [6.45, 7) is 3.45. The molecule has 186 valence electrons. The summed E-state index contributed by atoms with van der Waals surface area (Å²) < 4.78 is 6.08. The van der Waals surface area contributed by atoms with Gasteiger partial charge in [-0.3, -0.25) is 30.0 Å². The first-order chi connectivity index (χ1) is 17.7. The van der Waals surface area contributed by atoms with Crippen LogP contribution in [-0.2, 0) is 16.2 Å². The summed E-state index contributed by atoms with van der Waals surface area (Å²) in [6.07, 6.45) is 0. The van der Waals surface area contributed by atoms with Crippen molar-refractivity contribution in [3.63, 3.8) is 0 Å². The second-order valence-electron chi connectivity index (χ2n) is 9.20. The number of imide groups is 2. The highest BCUT2D eigenvalue weighted by Crippen LogP contribution is 2.25. The lowest BCUT2D eigenvalue weighted by atomic mass is 9.86. The lowest BCUT2D eigenvalue weighted by molar-refractivity contribution is -0.142. The van der Waals surface area contributed by atoms with Gasteiger partial charge in [-0.05, 0) is 61.0 Å². The number of para-hydroxylation sites is 1. The Bertz CT molecular complexity index is 1580. The number of urea groups is 1. The Morgan fingerprint density at radius 3 is 2.43 bits per heavy atom. The molecule has 1 fully saturated rings. The number of hydrogen-bond donors (Lipinski definition) is 3. The van der Waals surface area contributed by atoms with Gasteiger partial charge >= 0.3 is 6.03 Å². The maximum atomic E-state index is 12.7. The molecule has 9 nitrogen and oxygen atoms in total. The van der Waals surface area contributed by atoms with Gasteiger partial charge in [0, 0.05) is 28.8 Å². The molecule has 5 rings (SSSR count). The summed E-state index contributed by atoms with van der Waals surface area (Å²) >= 11 is 0. The first-order valence-corrected chi connectivity index (χ1v) is 11.7. The second-order valence-corrected chi connectivity index (χ2v) is 9.20. The number of aromatic nitrogens is 1. The largest absolute Gasteiger partial charge is 0.489 e. The number of nitrogens with one attached hydrogen (secondary N) is 3. The third-order valence-electron chi connectivity index (χ3n) is 6.46. The fraction of sp³-hybridized carbons (Fsp3) is 0.179. The highest BCUT2D eigenvalue weighted by atomic mass is 16.5. The van der Waals surface area contributed by atoms with Crippen LogP contribution in [0.1, 0.15) is 28.5 Å². The van der Waals surface area contributed by atoms with Crippen molar-refractivity contribution in [2.24, 2.45) is 5.41 Å². The molecule has 0 bridgehead atoms. The minimum absolute atomic E-state index is 0.259. The topological polar surface area (TPSA) is 126 Å². The van der Waals surface area contributed by atoms with E-state index in [1.165, 1.54) is 6.92 Å². The van der Waals surface area contributed by atoms with E-state index in [1.807, 2.05) is 72.2 Å². The Hall–Kier alpha value is -4.79. The fourth-order valence-electron chi connectivity index (χ4n) is 4.27. The van der Waals surface area contributed by atoms with E-state index in [9.17, 15) is 19.2 Å². The number of carbonyl (C=O) groups excluding carboxylic acids is 4. The lowest BCUT2D eigenvalue weighted by Crippen LogP contribution is -2.64. The third-order valence-corrected chi connectivity index (χ3v) is 6.46. The van der Waals surface area contributed by atoms with Crippen LogP contribution in [0.5, 0.6) is 5.75 Å². The standard InChI is InChI=1S/C28H24N4O5/c1-16-11-20(22-5-3-4-6-23(22)30-16)14-37-21-10-9-17-12-19(8-7-18(17)13-21)24(33)29-15-28(2)25(34)31-27(36)32-26(28)35/h3-13H,14-15H2,1-2H3,(H,29,33)(H2,31,32,34,35,36). The minimum Gasteiger partial charge on any atom is -0.489 e. The number of hydrogen-bond acceptors (Lipinski definition) is 6. The van der Waals surface area contributed by atoms with Gasteiger partial charge in [0.25, 0.3) is 5.91 Å². The second kappa shape index (κ2) is 9.34. The molecule has 37 heavy (non-hydrogen) atoms. The number of ether oxygens (including phenoxy) is 1. The van der Waals surface area contributed by atoms with Crippen molar-refractivity contribution in [3.8, 4) is 5.75 Å². The number of aryl methyl sites for hydroxylation is 1. The van der Waals surface area contributed by atoms with Crippen LogP contribution in [0.2, 0.25) is 0 Å². The Morgan fingerprint density at radius 2 is 1.65 bits per heavy atom. The van der Waals surface area contributed by atoms with Crippen LogP contribution < -0.4 is 20.7 Å². The Balaban J connectivity index is 1.28. The number of amides is 5. The molecular formula is C28H24N4O5. The molecule has 5 amide bonds. The molecule has 3 aromatic carbocycles. The average molecular weight is 497 g/mol. The smallest absolute Gasteiger partial charge is 0.328 e. The first kappa shape index (κ1) is 23.9. The minimum atomic E-state index is -1.59. The number of nitrogens with zero attached hydrogens (tertiary/aromatic N) is 1. The number of pyridine rings is 1. The Kier molecular flexibility index (Phi) is 6.04. The predicted octanol–water partition coefficient (Wildman–Crippen LogP) is 3.38.